The van der Waals surface area contributed by atoms with Gasteiger partial charge in [-0.3, -0.25) is 14.5 Å². The van der Waals surface area contributed by atoms with Crippen molar-refractivity contribution >= 4 is 52.5 Å². The lowest BCUT2D eigenvalue weighted by molar-refractivity contribution is -0.127. The van der Waals surface area contributed by atoms with E-state index >= 15 is 0 Å². The summed E-state index contributed by atoms with van der Waals surface area (Å²) in [5, 5.41) is 6.82. The third-order valence-corrected chi connectivity index (χ3v) is 4.68. The maximum absolute atomic E-state index is 12.2. The van der Waals surface area contributed by atoms with Crippen molar-refractivity contribution in [2.75, 3.05) is 25.1 Å². The van der Waals surface area contributed by atoms with Crippen LogP contribution in [0.1, 0.15) is 16.8 Å². The number of rotatable bonds is 7. The normalized spacial score (nSPS) is 17.3. The third-order valence-electron chi connectivity index (χ3n) is 3.45. The Hall–Kier alpha value is -1.31. The highest BCUT2D eigenvalue weighted by molar-refractivity contribution is 7.98. The molecule has 0 unspecified atom stereocenters. The molecule has 1 atom stereocenters. The molecule has 0 aromatic heterocycles. The van der Waals surface area contributed by atoms with Gasteiger partial charge in [0.2, 0.25) is 0 Å². The first-order valence-corrected chi connectivity index (χ1v) is 9.35. The van der Waals surface area contributed by atoms with Crippen molar-refractivity contribution in [3.05, 3.63) is 34.9 Å². The first kappa shape index (κ1) is 18.0. The lowest BCUT2D eigenvalue weighted by Gasteiger charge is -2.15. The summed E-state index contributed by atoms with van der Waals surface area (Å²) in [4.78, 5) is 25.8. The molecule has 5 nitrogen and oxygen atoms in total. The van der Waals surface area contributed by atoms with E-state index < -0.39 is 0 Å². The minimum absolute atomic E-state index is 0.0233. The molecular formula is C15H18ClN3O2S2. The van der Waals surface area contributed by atoms with Crippen LogP contribution in [0.25, 0.3) is 0 Å². The number of halogens is 1. The van der Waals surface area contributed by atoms with Gasteiger partial charge in [0.05, 0.1) is 0 Å². The fourth-order valence-corrected chi connectivity index (χ4v) is 3.13. The van der Waals surface area contributed by atoms with Crippen LogP contribution < -0.4 is 10.6 Å². The summed E-state index contributed by atoms with van der Waals surface area (Å²) in [6.07, 6.45) is 2.75. The summed E-state index contributed by atoms with van der Waals surface area (Å²) in [6.45, 7) is 0.698. The molecule has 1 aliphatic rings. The Bertz CT molecular complexity index is 595. The second-order valence-corrected chi connectivity index (χ2v) is 6.84. The number of thioether (sulfide) groups is 1. The number of carbonyl (C=O) groups excluding carboxylic acids is 2. The van der Waals surface area contributed by atoms with Gasteiger partial charge in [-0.2, -0.15) is 11.8 Å². The Kier molecular flexibility index (Phi) is 6.68. The van der Waals surface area contributed by atoms with Gasteiger partial charge in [-0.1, -0.05) is 11.6 Å². The predicted octanol–water partition coefficient (Wildman–Crippen LogP) is 1.91. The number of nitrogens with zero attached hydrogens (tertiary/aromatic N) is 1. The molecule has 1 aliphatic heterocycles. The van der Waals surface area contributed by atoms with Crippen molar-refractivity contribution in [1.82, 2.24) is 15.5 Å². The first-order valence-electron chi connectivity index (χ1n) is 7.17. The first-order chi connectivity index (χ1) is 11.0. The Morgan fingerprint density at radius 2 is 2.13 bits per heavy atom. The van der Waals surface area contributed by atoms with Crippen LogP contribution in [0, 0.1) is 0 Å². The number of hydrogen-bond acceptors (Lipinski definition) is 4. The SMILES string of the molecule is CSCC[C@@H]1NC(=S)N(CCNC(=O)c2ccc(Cl)cc2)C1=O. The van der Waals surface area contributed by atoms with Crippen molar-refractivity contribution in [3.8, 4) is 0 Å². The van der Waals surface area contributed by atoms with Gasteiger partial charge in [0.25, 0.3) is 11.8 Å². The molecular weight excluding hydrogens is 354 g/mol. The molecule has 1 aromatic carbocycles. The topological polar surface area (TPSA) is 61.4 Å². The Morgan fingerprint density at radius 3 is 2.78 bits per heavy atom. The molecule has 23 heavy (non-hydrogen) atoms. The smallest absolute Gasteiger partial charge is 0.251 e. The molecule has 0 saturated carbocycles. The van der Waals surface area contributed by atoms with Crippen molar-refractivity contribution in [2.24, 2.45) is 0 Å². The maximum Gasteiger partial charge on any atom is 0.251 e. The zero-order valence-electron chi connectivity index (χ0n) is 12.7. The van der Waals surface area contributed by atoms with E-state index in [1.807, 2.05) is 6.26 Å². The van der Waals surface area contributed by atoms with Crippen LogP contribution in [-0.2, 0) is 4.79 Å². The van der Waals surface area contributed by atoms with Crippen molar-refractivity contribution in [2.45, 2.75) is 12.5 Å². The van der Waals surface area contributed by atoms with Gasteiger partial charge in [-0.05, 0) is 54.9 Å². The van der Waals surface area contributed by atoms with Crippen LogP contribution in [0.2, 0.25) is 5.02 Å². The monoisotopic (exact) mass is 371 g/mol. The molecule has 124 valence electrons. The highest BCUT2D eigenvalue weighted by atomic mass is 35.5. The third kappa shape index (κ3) is 4.83. The van der Waals surface area contributed by atoms with E-state index in [0.29, 0.717) is 28.8 Å². The molecule has 1 heterocycles. The average molecular weight is 372 g/mol. The van der Waals surface area contributed by atoms with Crippen molar-refractivity contribution < 1.29 is 9.59 Å². The molecule has 2 rings (SSSR count). The van der Waals surface area contributed by atoms with E-state index in [0.717, 1.165) is 12.2 Å². The summed E-state index contributed by atoms with van der Waals surface area (Å²) < 4.78 is 0. The molecule has 2 N–H and O–H groups in total. The zero-order chi connectivity index (χ0) is 16.8. The van der Waals surface area contributed by atoms with E-state index in [-0.39, 0.29) is 17.9 Å². The van der Waals surface area contributed by atoms with Gasteiger partial charge in [0, 0.05) is 23.7 Å². The van der Waals surface area contributed by atoms with Gasteiger partial charge < -0.3 is 10.6 Å². The lowest BCUT2D eigenvalue weighted by atomic mass is 10.2. The fourth-order valence-electron chi connectivity index (χ4n) is 2.20. The summed E-state index contributed by atoms with van der Waals surface area (Å²) in [6, 6.07) is 6.39. The van der Waals surface area contributed by atoms with Gasteiger partial charge >= 0.3 is 0 Å². The number of nitrogens with one attached hydrogen (secondary N) is 2. The van der Waals surface area contributed by atoms with Gasteiger partial charge in [-0.15, -0.1) is 0 Å². The standard InChI is InChI=1S/C15H18ClN3O2S2/c1-23-9-6-12-14(21)19(15(22)18-12)8-7-17-13(20)10-2-4-11(16)5-3-10/h2-5,12H,6-9H2,1H3,(H,17,20)(H,18,22)/t12-/m0/s1. The molecule has 1 saturated heterocycles. The molecule has 0 bridgehead atoms. The Morgan fingerprint density at radius 1 is 1.43 bits per heavy atom. The second-order valence-electron chi connectivity index (χ2n) is 5.04. The van der Waals surface area contributed by atoms with Crippen LogP contribution in [0.3, 0.4) is 0 Å². The molecule has 2 amide bonds. The maximum atomic E-state index is 12.2. The second kappa shape index (κ2) is 8.52. The number of benzene rings is 1. The summed E-state index contributed by atoms with van der Waals surface area (Å²) >= 11 is 12.7. The van der Waals surface area contributed by atoms with Crippen LogP contribution in [0.15, 0.2) is 24.3 Å². The molecule has 0 radical (unpaired) electrons. The average Bonchev–Trinajstić information content (AvgIpc) is 2.80. The number of amides is 2. The predicted molar refractivity (Wildman–Crippen MR) is 98.0 cm³/mol. The van der Waals surface area contributed by atoms with E-state index in [1.165, 1.54) is 4.90 Å². The van der Waals surface area contributed by atoms with Gasteiger partial charge in [0.15, 0.2) is 5.11 Å². The molecule has 8 heteroatoms. The van der Waals surface area contributed by atoms with Crippen molar-refractivity contribution in [1.29, 1.82) is 0 Å². The molecule has 0 aliphatic carbocycles. The Labute approximate surface area is 150 Å². The van der Waals surface area contributed by atoms with E-state index in [9.17, 15) is 9.59 Å². The van der Waals surface area contributed by atoms with Crippen molar-refractivity contribution in [3.63, 3.8) is 0 Å². The van der Waals surface area contributed by atoms with E-state index in [2.05, 4.69) is 10.6 Å². The van der Waals surface area contributed by atoms with Gasteiger partial charge in [0.1, 0.15) is 6.04 Å². The van der Waals surface area contributed by atoms with Crippen LogP contribution in [-0.4, -0.2) is 53.0 Å². The highest BCUT2D eigenvalue weighted by Crippen LogP contribution is 2.12. The molecule has 1 fully saturated rings. The minimum atomic E-state index is -0.248. The number of carbonyl (C=O) groups is 2. The largest absolute Gasteiger partial charge is 0.350 e. The molecule has 0 spiro atoms. The highest BCUT2D eigenvalue weighted by Gasteiger charge is 2.34. The van der Waals surface area contributed by atoms with Crippen LogP contribution in [0.4, 0.5) is 0 Å². The summed E-state index contributed by atoms with van der Waals surface area (Å²) in [5.41, 5.74) is 0.528. The van der Waals surface area contributed by atoms with Crippen LogP contribution >= 0.6 is 35.6 Å². The van der Waals surface area contributed by atoms with Crippen LogP contribution in [0.5, 0.6) is 0 Å². The lowest BCUT2D eigenvalue weighted by Crippen LogP contribution is -2.39. The molecule has 1 aromatic rings. The minimum Gasteiger partial charge on any atom is -0.350 e. The quantitative estimate of drug-likeness (QED) is 0.717. The van der Waals surface area contributed by atoms with E-state index in [1.54, 1.807) is 36.0 Å². The summed E-state index contributed by atoms with van der Waals surface area (Å²) in [7, 11) is 0. The van der Waals surface area contributed by atoms with E-state index in [4.69, 9.17) is 23.8 Å². The summed E-state index contributed by atoms with van der Waals surface area (Å²) in [5.74, 6) is 0.670. The fraction of sp³-hybridized carbons (Fsp3) is 0.400. The Balaban J connectivity index is 1.81. The van der Waals surface area contributed by atoms with Gasteiger partial charge in [-0.25, -0.2) is 0 Å². The number of thiocarbonyl (C=S) groups is 1. The number of hydrogen-bond donors (Lipinski definition) is 2. The zero-order valence-corrected chi connectivity index (χ0v) is 15.1.